The molecular weight excluding hydrogens is 234 g/mol. The Morgan fingerprint density at radius 2 is 1.84 bits per heavy atom. The van der Waals surface area contributed by atoms with Crippen molar-refractivity contribution in [2.24, 2.45) is 5.73 Å². The van der Waals surface area contributed by atoms with Crippen LogP contribution in [0, 0.1) is 0 Å². The average molecular weight is 261 g/mol. The van der Waals surface area contributed by atoms with Gasteiger partial charge >= 0.3 is 0 Å². The Hall–Kier alpha value is -1.02. The van der Waals surface area contributed by atoms with Gasteiger partial charge in [0.25, 0.3) is 0 Å². The van der Waals surface area contributed by atoms with E-state index in [0.29, 0.717) is 5.75 Å². The molecule has 0 heterocycles. The van der Waals surface area contributed by atoms with Crippen molar-refractivity contribution in [2.75, 3.05) is 0 Å². The molecular formula is C17H27NO. The zero-order valence-corrected chi connectivity index (χ0v) is 12.5. The van der Waals surface area contributed by atoms with Crippen LogP contribution >= 0.6 is 0 Å². The van der Waals surface area contributed by atoms with E-state index in [2.05, 4.69) is 26.8 Å². The summed E-state index contributed by atoms with van der Waals surface area (Å²) in [6.45, 7) is 6.69. The van der Waals surface area contributed by atoms with Crippen LogP contribution in [0.5, 0.6) is 5.75 Å². The van der Waals surface area contributed by atoms with E-state index in [-0.39, 0.29) is 11.0 Å². The lowest BCUT2D eigenvalue weighted by Crippen LogP contribution is -2.39. The summed E-state index contributed by atoms with van der Waals surface area (Å²) in [5.41, 5.74) is 8.60. The molecule has 1 aliphatic rings. The van der Waals surface area contributed by atoms with Gasteiger partial charge in [0.2, 0.25) is 0 Å². The lowest BCUT2D eigenvalue weighted by atomic mass is 9.74. The molecule has 1 aromatic carbocycles. The van der Waals surface area contributed by atoms with E-state index < -0.39 is 0 Å². The number of aromatic hydroxyl groups is 1. The summed E-state index contributed by atoms with van der Waals surface area (Å²) in [6.07, 6.45) is 6.64. The standard InChI is InChI=1S/C17H27NO/c1-4-16(2,3)13-8-9-15(19)14(12-13)17(18)10-6-5-7-11-17/h8-9,12,19H,4-7,10-11,18H2,1-3H3. The molecule has 2 heteroatoms. The Balaban J connectivity index is 2.42. The number of hydrogen-bond donors (Lipinski definition) is 2. The predicted molar refractivity (Wildman–Crippen MR) is 80.4 cm³/mol. The van der Waals surface area contributed by atoms with E-state index in [9.17, 15) is 5.11 Å². The third kappa shape index (κ3) is 2.79. The highest BCUT2D eigenvalue weighted by Crippen LogP contribution is 2.41. The second kappa shape index (κ2) is 5.16. The lowest BCUT2D eigenvalue weighted by Gasteiger charge is -2.35. The number of nitrogens with two attached hydrogens (primary N) is 1. The van der Waals surface area contributed by atoms with Crippen LogP contribution < -0.4 is 5.73 Å². The maximum absolute atomic E-state index is 10.2. The van der Waals surface area contributed by atoms with Crippen molar-refractivity contribution < 1.29 is 5.11 Å². The van der Waals surface area contributed by atoms with Gasteiger partial charge in [0, 0.05) is 11.1 Å². The molecule has 19 heavy (non-hydrogen) atoms. The molecule has 1 aliphatic carbocycles. The van der Waals surface area contributed by atoms with Gasteiger partial charge in [0.1, 0.15) is 5.75 Å². The van der Waals surface area contributed by atoms with Crippen molar-refractivity contribution in [2.45, 2.75) is 70.3 Å². The lowest BCUT2D eigenvalue weighted by molar-refractivity contribution is 0.291. The van der Waals surface area contributed by atoms with E-state index >= 15 is 0 Å². The van der Waals surface area contributed by atoms with Crippen molar-refractivity contribution in [3.05, 3.63) is 29.3 Å². The van der Waals surface area contributed by atoms with Gasteiger partial charge in [0.15, 0.2) is 0 Å². The molecule has 1 aromatic rings. The van der Waals surface area contributed by atoms with Gasteiger partial charge in [-0.3, -0.25) is 0 Å². The Morgan fingerprint density at radius 3 is 2.42 bits per heavy atom. The summed E-state index contributed by atoms with van der Waals surface area (Å²) in [4.78, 5) is 0. The second-order valence-corrected chi connectivity index (χ2v) is 6.69. The summed E-state index contributed by atoms with van der Waals surface area (Å²) < 4.78 is 0. The van der Waals surface area contributed by atoms with Crippen LogP contribution in [0.25, 0.3) is 0 Å². The molecule has 2 nitrogen and oxygen atoms in total. The van der Waals surface area contributed by atoms with Gasteiger partial charge in [0.05, 0.1) is 0 Å². The van der Waals surface area contributed by atoms with Gasteiger partial charge in [-0.1, -0.05) is 46.1 Å². The summed E-state index contributed by atoms with van der Waals surface area (Å²) in [7, 11) is 0. The van der Waals surface area contributed by atoms with Crippen LogP contribution in [0.3, 0.4) is 0 Å². The quantitative estimate of drug-likeness (QED) is 0.856. The largest absolute Gasteiger partial charge is 0.508 e. The van der Waals surface area contributed by atoms with Gasteiger partial charge in [-0.05, 0) is 42.4 Å². The van der Waals surface area contributed by atoms with E-state index in [1.807, 2.05) is 12.1 Å². The highest BCUT2D eigenvalue weighted by molar-refractivity contribution is 5.43. The van der Waals surface area contributed by atoms with Gasteiger partial charge in [-0.15, -0.1) is 0 Å². The fourth-order valence-electron chi connectivity index (χ4n) is 3.01. The van der Waals surface area contributed by atoms with Crippen LogP contribution in [0.2, 0.25) is 0 Å². The summed E-state index contributed by atoms with van der Waals surface area (Å²) in [6, 6.07) is 6.00. The molecule has 1 fully saturated rings. The minimum atomic E-state index is -0.331. The fraction of sp³-hybridized carbons (Fsp3) is 0.647. The SMILES string of the molecule is CCC(C)(C)c1ccc(O)c(C2(N)CCCCC2)c1. The van der Waals surface area contributed by atoms with E-state index in [1.54, 1.807) is 0 Å². The third-order valence-corrected chi connectivity index (χ3v) is 4.94. The Morgan fingerprint density at radius 1 is 1.21 bits per heavy atom. The van der Waals surface area contributed by atoms with Crippen LogP contribution in [0.15, 0.2) is 18.2 Å². The van der Waals surface area contributed by atoms with Crippen molar-refractivity contribution in [1.82, 2.24) is 0 Å². The maximum Gasteiger partial charge on any atom is 0.120 e. The first-order valence-electron chi connectivity index (χ1n) is 7.52. The first-order chi connectivity index (χ1) is 8.89. The fourth-order valence-corrected chi connectivity index (χ4v) is 3.01. The van der Waals surface area contributed by atoms with Crippen molar-refractivity contribution in [3.8, 4) is 5.75 Å². The highest BCUT2D eigenvalue weighted by Gasteiger charge is 2.33. The smallest absolute Gasteiger partial charge is 0.120 e. The first kappa shape index (κ1) is 14.4. The average Bonchev–Trinajstić information content (AvgIpc) is 2.39. The van der Waals surface area contributed by atoms with E-state index in [1.165, 1.54) is 12.0 Å². The predicted octanol–water partition coefficient (Wildman–Crippen LogP) is 4.20. The monoisotopic (exact) mass is 261 g/mol. The van der Waals surface area contributed by atoms with Crippen LogP contribution in [0.4, 0.5) is 0 Å². The molecule has 0 atom stereocenters. The molecule has 0 radical (unpaired) electrons. The van der Waals surface area contributed by atoms with Crippen LogP contribution in [-0.4, -0.2) is 5.11 Å². The highest BCUT2D eigenvalue weighted by atomic mass is 16.3. The first-order valence-corrected chi connectivity index (χ1v) is 7.52. The van der Waals surface area contributed by atoms with E-state index in [0.717, 1.165) is 37.7 Å². The maximum atomic E-state index is 10.2. The molecule has 0 bridgehead atoms. The summed E-state index contributed by atoms with van der Waals surface area (Å²) in [5.74, 6) is 0.361. The minimum Gasteiger partial charge on any atom is -0.508 e. The van der Waals surface area contributed by atoms with E-state index in [4.69, 9.17) is 5.73 Å². The van der Waals surface area contributed by atoms with Crippen molar-refractivity contribution in [1.29, 1.82) is 0 Å². The molecule has 1 saturated carbocycles. The molecule has 3 N–H and O–H groups in total. The number of hydrogen-bond acceptors (Lipinski definition) is 2. The third-order valence-electron chi connectivity index (χ3n) is 4.94. The van der Waals surface area contributed by atoms with Crippen molar-refractivity contribution in [3.63, 3.8) is 0 Å². The molecule has 0 amide bonds. The number of rotatable bonds is 3. The Labute approximate surface area is 117 Å². The van der Waals surface area contributed by atoms with Gasteiger partial charge in [-0.25, -0.2) is 0 Å². The molecule has 106 valence electrons. The van der Waals surface area contributed by atoms with Gasteiger partial charge < -0.3 is 10.8 Å². The number of phenols is 1. The van der Waals surface area contributed by atoms with Crippen molar-refractivity contribution >= 4 is 0 Å². The molecule has 0 aromatic heterocycles. The second-order valence-electron chi connectivity index (χ2n) is 6.69. The Kier molecular flexibility index (Phi) is 3.91. The topological polar surface area (TPSA) is 46.2 Å². The molecule has 2 rings (SSSR count). The zero-order chi connectivity index (χ0) is 14.1. The molecule has 0 saturated heterocycles. The number of phenolic OH excluding ortho intramolecular Hbond substituents is 1. The van der Waals surface area contributed by atoms with Gasteiger partial charge in [-0.2, -0.15) is 0 Å². The van der Waals surface area contributed by atoms with Crippen LogP contribution in [0.1, 0.15) is 70.4 Å². The minimum absolute atomic E-state index is 0.132. The summed E-state index contributed by atoms with van der Waals surface area (Å²) in [5, 5.41) is 10.2. The zero-order valence-electron chi connectivity index (χ0n) is 12.5. The molecule has 0 unspecified atom stereocenters. The molecule has 0 aliphatic heterocycles. The van der Waals surface area contributed by atoms with Crippen LogP contribution in [-0.2, 0) is 11.0 Å². The number of benzene rings is 1. The summed E-state index contributed by atoms with van der Waals surface area (Å²) >= 11 is 0. The normalized spacial score (nSPS) is 19.4. The Bertz CT molecular complexity index is 445. The molecule has 0 spiro atoms.